The standard InChI is InChI=1S/C22H26N4O4S/c1-3-30-19-11-13-20(14-12-19)31(28,29)25-15-7-8-17(16-25)21-23-24(2)22(27)26(21)18-9-5-4-6-10-18/h4-6,9-14,17H,3,7-8,15-16H2,1-2H3. The van der Waals surface area contributed by atoms with Crippen molar-refractivity contribution in [2.24, 2.45) is 7.05 Å². The first kappa shape index (κ1) is 21.3. The topological polar surface area (TPSA) is 86.4 Å². The van der Waals surface area contributed by atoms with Gasteiger partial charge in [0.05, 0.1) is 17.2 Å². The smallest absolute Gasteiger partial charge is 0.350 e. The predicted octanol–water partition coefficient (Wildman–Crippen LogP) is 2.54. The molecule has 1 atom stereocenters. The summed E-state index contributed by atoms with van der Waals surface area (Å²) in [5, 5.41) is 4.46. The molecule has 164 valence electrons. The molecule has 1 aliphatic rings. The number of sulfonamides is 1. The van der Waals surface area contributed by atoms with Crippen molar-refractivity contribution < 1.29 is 13.2 Å². The van der Waals surface area contributed by atoms with E-state index in [1.165, 1.54) is 8.99 Å². The fraction of sp³-hybridized carbons (Fsp3) is 0.364. The van der Waals surface area contributed by atoms with Crippen LogP contribution >= 0.6 is 0 Å². The Morgan fingerprint density at radius 1 is 1.10 bits per heavy atom. The summed E-state index contributed by atoms with van der Waals surface area (Å²) in [6.07, 6.45) is 1.46. The molecule has 8 nitrogen and oxygen atoms in total. The van der Waals surface area contributed by atoms with Gasteiger partial charge in [0.15, 0.2) is 0 Å². The number of hydrogen-bond donors (Lipinski definition) is 0. The molecule has 0 N–H and O–H groups in total. The summed E-state index contributed by atoms with van der Waals surface area (Å²) in [4.78, 5) is 13.0. The first-order valence-corrected chi connectivity index (χ1v) is 11.8. The maximum absolute atomic E-state index is 13.3. The molecular weight excluding hydrogens is 416 g/mol. The third kappa shape index (κ3) is 4.15. The van der Waals surface area contributed by atoms with Gasteiger partial charge in [-0.1, -0.05) is 18.2 Å². The van der Waals surface area contributed by atoms with E-state index >= 15 is 0 Å². The van der Waals surface area contributed by atoms with Gasteiger partial charge in [0.1, 0.15) is 11.6 Å². The molecule has 1 aliphatic heterocycles. The molecule has 0 amide bonds. The normalized spacial score (nSPS) is 17.5. The molecule has 4 rings (SSSR count). The highest BCUT2D eigenvalue weighted by molar-refractivity contribution is 7.89. The van der Waals surface area contributed by atoms with Crippen LogP contribution in [0.1, 0.15) is 31.5 Å². The van der Waals surface area contributed by atoms with Gasteiger partial charge in [-0.2, -0.15) is 9.40 Å². The van der Waals surface area contributed by atoms with Gasteiger partial charge in [-0.3, -0.25) is 0 Å². The van der Waals surface area contributed by atoms with Gasteiger partial charge >= 0.3 is 5.69 Å². The molecule has 1 unspecified atom stereocenters. The van der Waals surface area contributed by atoms with Crippen LogP contribution in [0.4, 0.5) is 0 Å². The van der Waals surface area contributed by atoms with Crippen molar-refractivity contribution in [3.05, 3.63) is 70.9 Å². The van der Waals surface area contributed by atoms with E-state index < -0.39 is 10.0 Å². The molecule has 0 bridgehead atoms. The summed E-state index contributed by atoms with van der Waals surface area (Å²) in [6.45, 7) is 3.12. The van der Waals surface area contributed by atoms with Crippen molar-refractivity contribution in [1.29, 1.82) is 0 Å². The van der Waals surface area contributed by atoms with Gasteiger partial charge in [0, 0.05) is 26.1 Å². The Labute approximate surface area is 181 Å². The highest BCUT2D eigenvalue weighted by atomic mass is 32.2. The van der Waals surface area contributed by atoms with Crippen molar-refractivity contribution in [2.45, 2.75) is 30.6 Å². The molecule has 0 saturated carbocycles. The van der Waals surface area contributed by atoms with E-state index in [1.54, 1.807) is 35.9 Å². The van der Waals surface area contributed by atoms with Gasteiger partial charge in [-0.15, -0.1) is 0 Å². The van der Waals surface area contributed by atoms with Gasteiger partial charge in [-0.05, 0) is 56.2 Å². The van der Waals surface area contributed by atoms with Crippen molar-refractivity contribution in [1.82, 2.24) is 18.7 Å². The summed E-state index contributed by atoms with van der Waals surface area (Å²) in [7, 11) is -2.05. The fourth-order valence-corrected chi connectivity index (χ4v) is 5.49. The minimum Gasteiger partial charge on any atom is -0.494 e. The van der Waals surface area contributed by atoms with E-state index in [0.717, 1.165) is 12.1 Å². The average molecular weight is 443 g/mol. The number of piperidine rings is 1. The van der Waals surface area contributed by atoms with Crippen LogP contribution in [-0.4, -0.2) is 46.8 Å². The summed E-state index contributed by atoms with van der Waals surface area (Å²) in [5.74, 6) is 1.05. The third-order valence-corrected chi connectivity index (χ3v) is 7.37. The minimum absolute atomic E-state index is 0.180. The number of hydrogen-bond acceptors (Lipinski definition) is 5. The lowest BCUT2D eigenvalue weighted by Crippen LogP contribution is -2.40. The van der Waals surface area contributed by atoms with Gasteiger partial charge in [0.25, 0.3) is 0 Å². The van der Waals surface area contributed by atoms with Crippen LogP contribution in [0.3, 0.4) is 0 Å². The van der Waals surface area contributed by atoms with Crippen LogP contribution in [0.15, 0.2) is 64.3 Å². The van der Waals surface area contributed by atoms with Gasteiger partial charge < -0.3 is 4.74 Å². The Bertz CT molecular complexity index is 1200. The summed E-state index contributed by atoms with van der Waals surface area (Å²) >= 11 is 0. The van der Waals surface area contributed by atoms with E-state index in [4.69, 9.17) is 4.74 Å². The van der Waals surface area contributed by atoms with E-state index in [-0.39, 0.29) is 23.0 Å². The number of nitrogens with zero attached hydrogens (tertiary/aromatic N) is 4. The van der Waals surface area contributed by atoms with Crippen LogP contribution in [-0.2, 0) is 17.1 Å². The van der Waals surface area contributed by atoms with E-state index in [1.807, 2.05) is 37.3 Å². The molecule has 0 aliphatic carbocycles. The lowest BCUT2D eigenvalue weighted by molar-refractivity contribution is 0.306. The Morgan fingerprint density at radius 3 is 2.48 bits per heavy atom. The van der Waals surface area contributed by atoms with Crippen molar-refractivity contribution in [3.8, 4) is 11.4 Å². The number of rotatable bonds is 6. The second-order valence-corrected chi connectivity index (χ2v) is 9.48. The number of benzene rings is 2. The van der Waals surface area contributed by atoms with Gasteiger partial charge in [0.2, 0.25) is 10.0 Å². The van der Waals surface area contributed by atoms with Crippen LogP contribution in [0, 0.1) is 0 Å². The first-order chi connectivity index (χ1) is 14.9. The molecule has 2 heterocycles. The molecule has 1 saturated heterocycles. The molecule has 0 radical (unpaired) electrons. The molecule has 31 heavy (non-hydrogen) atoms. The number of ether oxygens (including phenoxy) is 1. The molecule has 3 aromatic rings. The third-order valence-electron chi connectivity index (χ3n) is 5.49. The Hall–Kier alpha value is -2.91. The number of aryl methyl sites for hydroxylation is 1. The number of aromatic nitrogens is 3. The second kappa shape index (κ2) is 8.68. The van der Waals surface area contributed by atoms with E-state index in [2.05, 4.69) is 5.10 Å². The fourth-order valence-electron chi connectivity index (χ4n) is 3.96. The maximum atomic E-state index is 13.3. The summed E-state index contributed by atoms with van der Waals surface area (Å²) in [5.41, 5.74) is 0.481. The molecular formula is C22H26N4O4S. The average Bonchev–Trinajstić information content (AvgIpc) is 3.09. The van der Waals surface area contributed by atoms with E-state index in [9.17, 15) is 13.2 Å². The maximum Gasteiger partial charge on any atom is 0.350 e. The number of para-hydroxylation sites is 1. The summed E-state index contributed by atoms with van der Waals surface area (Å²) in [6, 6.07) is 15.8. The zero-order valence-corrected chi connectivity index (χ0v) is 18.5. The molecule has 1 aromatic heterocycles. The lowest BCUT2D eigenvalue weighted by atomic mass is 9.98. The monoisotopic (exact) mass is 442 g/mol. The summed E-state index contributed by atoms with van der Waals surface area (Å²) < 4.78 is 36.3. The van der Waals surface area contributed by atoms with Crippen LogP contribution in [0.2, 0.25) is 0 Å². The van der Waals surface area contributed by atoms with Crippen LogP contribution < -0.4 is 10.4 Å². The Kier molecular flexibility index (Phi) is 5.97. The quantitative estimate of drug-likeness (QED) is 0.586. The first-order valence-electron chi connectivity index (χ1n) is 10.4. The predicted molar refractivity (Wildman–Crippen MR) is 117 cm³/mol. The SMILES string of the molecule is CCOc1ccc(S(=O)(=O)N2CCCC(c3nn(C)c(=O)n3-c3ccccc3)C2)cc1. The lowest BCUT2D eigenvalue weighted by Gasteiger charge is -2.31. The molecule has 1 fully saturated rings. The highest BCUT2D eigenvalue weighted by Gasteiger charge is 2.34. The minimum atomic E-state index is -3.66. The zero-order valence-electron chi connectivity index (χ0n) is 17.6. The van der Waals surface area contributed by atoms with Crippen LogP contribution in [0.25, 0.3) is 5.69 Å². The highest BCUT2D eigenvalue weighted by Crippen LogP contribution is 2.30. The van der Waals surface area contributed by atoms with Gasteiger partial charge in [-0.25, -0.2) is 22.5 Å². The van der Waals surface area contributed by atoms with Crippen molar-refractivity contribution in [2.75, 3.05) is 19.7 Å². The second-order valence-electron chi connectivity index (χ2n) is 7.54. The van der Waals surface area contributed by atoms with Crippen molar-refractivity contribution >= 4 is 10.0 Å². The molecule has 0 spiro atoms. The molecule has 2 aromatic carbocycles. The van der Waals surface area contributed by atoms with Crippen LogP contribution in [0.5, 0.6) is 5.75 Å². The van der Waals surface area contributed by atoms with E-state index in [0.29, 0.717) is 31.1 Å². The Balaban J connectivity index is 1.64. The largest absolute Gasteiger partial charge is 0.494 e. The van der Waals surface area contributed by atoms with Crippen molar-refractivity contribution in [3.63, 3.8) is 0 Å². The Morgan fingerprint density at radius 2 is 1.81 bits per heavy atom. The molecule has 9 heteroatoms. The zero-order chi connectivity index (χ0) is 22.0.